The molecule has 0 aliphatic heterocycles. The zero-order chi connectivity index (χ0) is 8.69. The largest absolute Gasteiger partial charge is 0.480 e. The van der Waals surface area contributed by atoms with Gasteiger partial charge >= 0.3 is 5.97 Å². The van der Waals surface area contributed by atoms with E-state index in [-0.39, 0.29) is 6.54 Å². The van der Waals surface area contributed by atoms with Crippen molar-refractivity contribution in [2.45, 2.75) is 6.92 Å². The fourth-order valence-electron chi connectivity index (χ4n) is 0.613. The van der Waals surface area contributed by atoms with Crippen LogP contribution in [0, 0.1) is 0 Å². The number of allylic oxidation sites excluding steroid dienone is 1. The van der Waals surface area contributed by atoms with E-state index in [1.807, 2.05) is 0 Å². The van der Waals surface area contributed by atoms with Crippen LogP contribution >= 0.6 is 0 Å². The Kier molecular flexibility index (Phi) is 4.64. The van der Waals surface area contributed by atoms with Gasteiger partial charge in [-0.15, -0.1) is 0 Å². The van der Waals surface area contributed by atoms with Gasteiger partial charge in [0.25, 0.3) is 0 Å². The standard InChI is InChI=1S/C7H12N2O2/c1-2-4-9(5-3-8)6-7(10)11/h2-5H,6,8H2,1H3,(H,10,11)/b4-2-,5-3-. The van der Waals surface area contributed by atoms with Gasteiger partial charge in [0.15, 0.2) is 0 Å². The number of aliphatic carboxylic acids is 1. The summed E-state index contributed by atoms with van der Waals surface area (Å²) in [6.07, 6.45) is 6.16. The highest BCUT2D eigenvalue weighted by molar-refractivity contribution is 5.69. The number of nitrogens with two attached hydrogens (primary N) is 1. The molecule has 3 N–H and O–H groups in total. The zero-order valence-corrected chi connectivity index (χ0v) is 6.40. The van der Waals surface area contributed by atoms with Gasteiger partial charge in [-0.3, -0.25) is 4.79 Å². The first kappa shape index (κ1) is 9.55. The van der Waals surface area contributed by atoms with E-state index in [2.05, 4.69) is 0 Å². The quantitative estimate of drug-likeness (QED) is 0.615. The van der Waals surface area contributed by atoms with Gasteiger partial charge in [0, 0.05) is 12.4 Å². The van der Waals surface area contributed by atoms with Crippen molar-refractivity contribution >= 4 is 5.97 Å². The molecule has 0 fully saturated rings. The highest BCUT2D eigenvalue weighted by Crippen LogP contribution is 1.89. The van der Waals surface area contributed by atoms with Crippen LogP contribution in [0.2, 0.25) is 0 Å². The SMILES string of the molecule is C/C=C\N(/C=C\N)CC(=O)O. The normalized spacial score (nSPS) is 11.0. The van der Waals surface area contributed by atoms with Crippen LogP contribution in [-0.2, 0) is 4.79 Å². The van der Waals surface area contributed by atoms with Crippen LogP contribution in [0.25, 0.3) is 0 Å². The van der Waals surface area contributed by atoms with E-state index >= 15 is 0 Å². The van der Waals surface area contributed by atoms with Crippen LogP contribution in [0.3, 0.4) is 0 Å². The molecule has 4 nitrogen and oxygen atoms in total. The second-order valence-corrected chi connectivity index (χ2v) is 1.89. The highest BCUT2D eigenvalue weighted by atomic mass is 16.4. The summed E-state index contributed by atoms with van der Waals surface area (Å²) in [6, 6.07) is 0. The molecular formula is C7H12N2O2. The molecular weight excluding hydrogens is 144 g/mol. The molecule has 0 bridgehead atoms. The van der Waals surface area contributed by atoms with Crippen molar-refractivity contribution < 1.29 is 9.90 Å². The first-order valence-electron chi connectivity index (χ1n) is 3.19. The number of carboxylic acid groups (broad SMARTS) is 1. The molecule has 0 rings (SSSR count). The van der Waals surface area contributed by atoms with Crippen LogP contribution in [-0.4, -0.2) is 22.5 Å². The van der Waals surface area contributed by atoms with Gasteiger partial charge in [-0.2, -0.15) is 0 Å². The second-order valence-electron chi connectivity index (χ2n) is 1.89. The lowest BCUT2D eigenvalue weighted by Crippen LogP contribution is -2.19. The molecule has 0 aromatic heterocycles. The lowest BCUT2D eigenvalue weighted by Gasteiger charge is -2.10. The molecule has 0 unspecified atom stereocenters. The smallest absolute Gasteiger partial charge is 0.323 e. The Balaban J connectivity index is 3.99. The van der Waals surface area contributed by atoms with E-state index in [0.29, 0.717) is 0 Å². The number of nitrogens with zero attached hydrogens (tertiary/aromatic N) is 1. The molecule has 0 saturated heterocycles. The number of hydrogen-bond acceptors (Lipinski definition) is 3. The van der Waals surface area contributed by atoms with Crippen LogP contribution < -0.4 is 5.73 Å². The Morgan fingerprint density at radius 3 is 2.64 bits per heavy atom. The number of carboxylic acids is 1. The summed E-state index contributed by atoms with van der Waals surface area (Å²) in [5, 5.41) is 8.39. The van der Waals surface area contributed by atoms with E-state index in [0.717, 1.165) is 0 Å². The molecule has 62 valence electrons. The maximum Gasteiger partial charge on any atom is 0.323 e. The highest BCUT2D eigenvalue weighted by Gasteiger charge is 1.99. The number of carbonyl (C=O) groups is 1. The summed E-state index contributed by atoms with van der Waals surface area (Å²) in [7, 11) is 0. The zero-order valence-electron chi connectivity index (χ0n) is 6.40. The van der Waals surface area contributed by atoms with Gasteiger partial charge < -0.3 is 15.7 Å². The summed E-state index contributed by atoms with van der Waals surface area (Å²) in [5.41, 5.74) is 5.09. The Bertz CT molecular complexity index is 163. The topological polar surface area (TPSA) is 66.6 Å². The van der Waals surface area contributed by atoms with Gasteiger partial charge in [-0.05, 0) is 13.1 Å². The monoisotopic (exact) mass is 156 g/mol. The lowest BCUT2D eigenvalue weighted by atomic mass is 10.5. The van der Waals surface area contributed by atoms with E-state index in [1.165, 1.54) is 17.3 Å². The van der Waals surface area contributed by atoms with E-state index in [9.17, 15) is 4.79 Å². The first-order chi connectivity index (χ1) is 5.20. The lowest BCUT2D eigenvalue weighted by molar-refractivity contribution is -0.137. The predicted molar refractivity (Wildman–Crippen MR) is 42.5 cm³/mol. The Morgan fingerprint density at radius 1 is 1.64 bits per heavy atom. The molecule has 0 saturated carbocycles. The molecule has 0 atom stereocenters. The Hall–Kier alpha value is -1.45. The van der Waals surface area contributed by atoms with Crippen molar-refractivity contribution in [2.75, 3.05) is 6.54 Å². The van der Waals surface area contributed by atoms with Crippen molar-refractivity contribution in [2.24, 2.45) is 5.73 Å². The predicted octanol–water partition coefficient (Wildman–Crippen LogP) is 0.337. The van der Waals surface area contributed by atoms with Crippen molar-refractivity contribution in [3.63, 3.8) is 0 Å². The summed E-state index contributed by atoms with van der Waals surface area (Å²) in [4.78, 5) is 11.7. The van der Waals surface area contributed by atoms with Crippen molar-refractivity contribution in [3.8, 4) is 0 Å². The van der Waals surface area contributed by atoms with Gasteiger partial charge in [-0.25, -0.2) is 0 Å². The van der Waals surface area contributed by atoms with Gasteiger partial charge in [-0.1, -0.05) is 6.08 Å². The molecule has 0 spiro atoms. The fraction of sp³-hybridized carbons (Fsp3) is 0.286. The Morgan fingerprint density at radius 2 is 2.27 bits per heavy atom. The molecule has 4 heteroatoms. The van der Waals surface area contributed by atoms with Crippen LogP contribution in [0.5, 0.6) is 0 Å². The molecule has 0 radical (unpaired) electrons. The van der Waals surface area contributed by atoms with Crippen molar-refractivity contribution in [3.05, 3.63) is 24.7 Å². The molecule has 11 heavy (non-hydrogen) atoms. The van der Waals surface area contributed by atoms with Gasteiger partial charge in [0.2, 0.25) is 0 Å². The molecule has 0 aliphatic rings. The third kappa shape index (κ3) is 5.02. The minimum Gasteiger partial charge on any atom is -0.480 e. The van der Waals surface area contributed by atoms with Gasteiger partial charge in [0.1, 0.15) is 6.54 Å². The van der Waals surface area contributed by atoms with Crippen LogP contribution in [0.15, 0.2) is 24.7 Å². The maximum absolute atomic E-state index is 10.2. The van der Waals surface area contributed by atoms with Gasteiger partial charge in [0.05, 0.1) is 0 Å². The minimum absolute atomic E-state index is 0.0714. The molecule has 0 aromatic rings. The Labute approximate surface area is 65.6 Å². The first-order valence-corrected chi connectivity index (χ1v) is 3.19. The number of hydrogen-bond donors (Lipinski definition) is 2. The fourth-order valence-corrected chi connectivity index (χ4v) is 0.613. The molecule has 0 heterocycles. The summed E-state index contributed by atoms with van der Waals surface area (Å²) < 4.78 is 0. The average Bonchev–Trinajstić information content (AvgIpc) is 1.87. The van der Waals surface area contributed by atoms with Crippen molar-refractivity contribution in [1.29, 1.82) is 0 Å². The molecule has 0 aliphatic carbocycles. The summed E-state index contributed by atoms with van der Waals surface area (Å²) in [5.74, 6) is -0.888. The van der Waals surface area contributed by atoms with Crippen molar-refractivity contribution in [1.82, 2.24) is 4.90 Å². The van der Waals surface area contributed by atoms with E-state index in [4.69, 9.17) is 10.8 Å². The summed E-state index contributed by atoms with van der Waals surface area (Å²) in [6.45, 7) is 1.73. The van der Waals surface area contributed by atoms with E-state index in [1.54, 1.807) is 19.2 Å². The molecule has 0 amide bonds. The van der Waals surface area contributed by atoms with E-state index < -0.39 is 5.97 Å². The minimum atomic E-state index is -0.888. The average molecular weight is 156 g/mol. The third-order valence-corrected chi connectivity index (χ3v) is 0.936. The van der Waals surface area contributed by atoms with Crippen LogP contribution in [0.4, 0.5) is 0 Å². The second kappa shape index (κ2) is 5.34. The maximum atomic E-state index is 10.2. The van der Waals surface area contributed by atoms with Crippen LogP contribution in [0.1, 0.15) is 6.92 Å². The molecule has 0 aromatic carbocycles. The summed E-state index contributed by atoms with van der Waals surface area (Å²) >= 11 is 0. The number of rotatable bonds is 4. The third-order valence-electron chi connectivity index (χ3n) is 0.936.